The van der Waals surface area contributed by atoms with Crippen LogP contribution in [-0.2, 0) is 32.7 Å². The molecule has 0 aliphatic heterocycles. The van der Waals surface area contributed by atoms with Crippen LogP contribution in [0.15, 0.2) is 48.1 Å². The van der Waals surface area contributed by atoms with E-state index in [9.17, 15) is 0 Å². The molecule has 0 fully saturated rings. The molecule has 0 aromatic heterocycles. The van der Waals surface area contributed by atoms with Crippen molar-refractivity contribution in [3.63, 3.8) is 0 Å². The van der Waals surface area contributed by atoms with E-state index in [0.29, 0.717) is 0 Å². The van der Waals surface area contributed by atoms with E-state index in [4.69, 9.17) is 0 Å². The third kappa shape index (κ3) is 8.60. The molecule has 0 aromatic carbocycles. The summed E-state index contributed by atoms with van der Waals surface area (Å²) in [5.74, 6) is 0. The predicted molar refractivity (Wildman–Crippen MR) is 97.6 cm³/mol. The molecule has 0 saturated carbocycles. The number of nitrogens with one attached hydrogen (secondary N) is 1. The van der Waals surface area contributed by atoms with E-state index >= 15 is 0 Å². The summed E-state index contributed by atoms with van der Waals surface area (Å²) in [5.41, 5.74) is 2.96. The Hall–Kier alpha value is 0.0239. The maximum atomic E-state index is 3.91. The quantitative estimate of drug-likeness (QED) is 0.575. The first kappa shape index (κ1) is 24.3. The van der Waals surface area contributed by atoms with Crippen LogP contribution in [0.25, 0.3) is 0 Å². The van der Waals surface area contributed by atoms with E-state index in [-0.39, 0.29) is 43.7 Å². The molecule has 0 amide bonds. The Labute approximate surface area is 164 Å². The molecular formula is C20H35NY. The fourth-order valence-corrected chi connectivity index (χ4v) is 1.98. The first-order valence-corrected chi connectivity index (χ1v) is 8.26. The Morgan fingerprint density at radius 1 is 1.23 bits per heavy atom. The SMILES string of the molecule is C=CC(C)(C)CNC(C)(C)C1=CC=CCC(CC)=C1.CC.[Y]. The van der Waals surface area contributed by atoms with Gasteiger partial charge in [0, 0.05) is 44.8 Å². The molecule has 123 valence electrons. The van der Waals surface area contributed by atoms with Gasteiger partial charge < -0.3 is 5.32 Å². The van der Waals surface area contributed by atoms with Gasteiger partial charge in [0.1, 0.15) is 0 Å². The van der Waals surface area contributed by atoms with Gasteiger partial charge in [-0.15, -0.1) is 6.58 Å². The molecule has 0 spiro atoms. The van der Waals surface area contributed by atoms with Crippen LogP contribution < -0.4 is 5.32 Å². The topological polar surface area (TPSA) is 12.0 Å². The van der Waals surface area contributed by atoms with E-state index in [2.05, 4.69) is 70.8 Å². The van der Waals surface area contributed by atoms with Crippen molar-refractivity contribution in [2.24, 2.45) is 5.41 Å². The zero-order valence-corrected chi connectivity index (χ0v) is 18.6. The van der Waals surface area contributed by atoms with Crippen molar-refractivity contribution in [3.8, 4) is 0 Å². The van der Waals surface area contributed by atoms with Crippen molar-refractivity contribution in [1.82, 2.24) is 5.32 Å². The summed E-state index contributed by atoms with van der Waals surface area (Å²) < 4.78 is 0. The Morgan fingerprint density at radius 2 is 1.82 bits per heavy atom. The summed E-state index contributed by atoms with van der Waals surface area (Å²) in [6, 6.07) is 0. The van der Waals surface area contributed by atoms with Gasteiger partial charge in [-0.05, 0) is 37.7 Å². The van der Waals surface area contributed by atoms with Crippen molar-refractivity contribution < 1.29 is 32.7 Å². The van der Waals surface area contributed by atoms with Gasteiger partial charge >= 0.3 is 0 Å². The first-order valence-electron chi connectivity index (χ1n) is 8.26. The molecular weight excluding hydrogens is 343 g/mol. The Balaban J connectivity index is 0. The summed E-state index contributed by atoms with van der Waals surface area (Å²) >= 11 is 0. The van der Waals surface area contributed by atoms with E-state index in [0.717, 1.165) is 19.4 Å². The summed E-state index contributed by atoms with van der Waals surface area (Å²) in [7, 11) is 0. The molecule has 1 aliphatic carbocycles. The molecule has 0 atom stereocenters. The smallest absolute Gasteiger partial charge is 0.0377 e. The van der Waals surface area contributed by atoms with Crippen LogP contribution in [0.5, 0.6) is 0 Å². The minimum atomic E-state index is -0.0185. The summed E-state index contributed by atoms with van der Waals surface area (Å²) in [6.45, 7) is 20.0. The Morgan fingerprint density at radius 3 is 2.32 bits per heavy atom. The van der Waals surface area contributed by atoms with Crippen LogP contribution in [0.3, 0.4) is 0 Å². The van der Waals surface area contributed by atoms with Crippen LogP contribution in [-0.4, -0.2) is 12.1 Å². The second-order valence-electron chi connectivity index (χ2n) is 6.58. The molecule has 1 nitrogen and oxygen atoms in total. The number of hydrogen-bond donors (Lipinski definition) is 1. The first-order chi connectivity index (χ1) is 9.80. The molecule has 1 N–H and O–H groups in total. The van der Waals surface area contributed by atoms with E-state index in [1.807, 2.05) is 19.9 Å². The largest absolute Gasteiger partial charge is 0.307 e. The van der Waals surface area contributed by atoms with E-state index < -0.39 is 0 Å². The van der Waals surface area contributed by atoms with Crippen molar-refractivity contribution in [2.45, 2.75) is 66.8 Å². The molecule has 2 heteroatoms. The van der Waals surface area contributed by atoms with Crippen molar-refractivity contribution in [1.29, 1.82) is 0 Å². The molecule has 1 rings (SSSR count). The standard InChI is InChI=1S/C18H29N.C2H6.Y/c1-7-15-11-9-10-12-16(13-15)18(5,6)19-14-17(3,4)8-2;1-2;/h8-10,12-13,19H,2,7,11,14H2,1,3-6H3;1-2H3;. The van der Waals surface area contributed by atoms with Crippen LogP contribution in [0.4, 0.5) is 0 Å². The van der Waals surface area contributed by atoms with E-state index in [1.54, 1.807) is 0 Å². The van der Waals surface area contributed by atoms with Crippen LogP contribution >= 0.6 is 0 Å². The van der Waals surface area contributed by atoms with Gasteiger partial charge in [0.25, 0.3) is 0 Å². The van der Waals surface area contributed by atoms with Gasteiger partial charge in [-0.3, -0.25) is 0 Å². The zero-order chi connectivity index (χ0) is 16.5. The molecule has 0 bridgehead atoms. The fraction of sp³-hybridized carbons (Fsp3) is 0.600. The summed E-state index contributed by atoms with van der Waals surface area (Å²) in [5, 5.41) is 3.67. The molecule has 0 saturated heterocycles. The van der Waals surface area contributed by atoms with Gasteiger partial charge in [-0.1, -0.05) is 70.6 Å². The summed E-state index contributed by atoms with van der Waals surface area (Å²) in [6.07, 6.45) is 13.2. The van der Waals surface area contributed by atoms with Crippen LogP contribution in [0, 0.1) is 5.41 Å². The Kier molecular flexibility index (Phi) is 12.7. The van der Waals surface area contributed by atoms with Crippen molar-refractivity contribution in [3.05, 3.63) is 48.1 Å². The van der Waals surface area contributed by atoms with Crippen LogP contribution in [0.2, 0.25) is 0 Å². The summed E-state index contributed by atoms with van der Waals surface area (Å²) in [4.78, 5) is 0. The van der Waals surface area contributed by atoms with Gasteiger partial charge in [-0.25, -0.2) is 0 Å². The molecule has 1 aliphatic rings. The molecule has 0 heterocycles. The molecule has 0 unspecified atom stereocenters. The third-order valence-corrected chi connectivity index (χ3v) is 3.87. The zero-order valence-electron chi connectivity index (χ0n) is 15.8. The Bertz CT molecular complexity index is 411. The van der Waals surface area contributed by atoms with Crippen LogP contribution in [0.1, 0.15) is 61.3 Å². The second-order valence-corrected chi connectivity index (χ2v) is 6.58. The minimum Gasteiger partial charge on any atom is -0.307 e. The van der Waals surface area contributed by atoms with Crippen molar-refractivity contribution >= 4 is 0 Å². The van der Waals surface area contributed by atoms with Crippen molar-refractivity contribution in [2.75, 3.05) is 6.54 Å². The maximum Gasteiger partial charge on any atom is 0.0377 e. The predicted octanol–water partition coefficient (Wildman–Crippen LogP) is 5.81. The van der Waals surface area contributed by atoms with Gasteiger partial charge in [0.15, 0.2) is 0 Å². The minimum absolute atomic E-state index is 0. The fourth-order valence-electron chi connectivity index (χ4n) is 1.98. The maximum absolute atomic E-state index is 3.91. The molecule has 22 heavy (non-hydrogen) atoms. The second kappa shape index (κ2) is 11.5. The number of rotatable bonds is 6. The normalized spacial score (nSPS) is 14.7. The number of allylic oxidation sites excluding steroid dienone is 4. The number of hydrogen-bond acceptors (Lipinski definition) is 1. The van der Waals surface area contributed by atoms with Gasteiger partial charge in [0.2, 0.25) is 0 Å². The molecule has 0 aromatic rings. The van der Waals surface area contributed by atoms with Gasteiger partial charge in [-0.2, -0.15) is 0 Å². The monoisotopic (exact) mass is 378 g/mol. The average Bonchev–Trinajstić information content (AvgIpc) is 2.73. The van der Waals surface area contributed by atoms with Gasteiger partial charge in [0.05, 0.1) is 0 Å². The van der Waals surface area contributed by atoms with E-state index in [1.165, 1.54) is 11.1 Å². The third-order valence-electron chi connectivity index (χ3n) is 3.87. The average molecular weight is 378 g/mol. The molecule has 1 radical (unpaired) electrons.